The van der Waals surface area contributed by atoms with Crippen LogP contribution in [0.25, 0.3) is 0 Å². The van der Waals surface area contributed by atoms with E-state index < -0.39 is 12.0 Å². The summed E-state index contributed by atoms with van der Waals surface area (Å²) in [4.78, 5) is 20.7. The average molecular weight is 233 g/mol. The predicted octanol–water partition coefficient (Wildman–Crippen LogP) is 0.976. The lowest BCUT2D eigenvalue weighted by Gasteiger charge is -2.03. The zero-order chi connectivity index (χ0) is 11.7. The zero-order valence-electron chi connectivity index (χ0n) is 8.52. The molecule has 0 saturated heterocycles. The molecule has 0 spiro atoms. The van der Waals surface area contributed by atoms with Gasteiger partial charge in [-0.05, 0) is 12.8 Å². The minimum Gasteiger partial charge on any atom is -0.481 e. The van der Waals surface area contributed by atoms with E-state index in [-0.39, 0.29) is 6.42 Å². The van der Waals surface area contributed by atoms with Gasteiger partial charge in [-0.2, -0.15) is 5.10 Å². The minimum absolute atomic E-state index is 0.0734. The zero-order valence-corrected chi connectivity index (χ0v) is 9.34. The number of carbonyl (C=O) groups excluding carboxylic acids is 1. The highest BCUT2D eigenvalue weighted by Gasteiger charge is 2.03. The van der Waals surface area contributed by atoms with E-state index in [4.69, 9.17) is 10.8 Å². The molecule has 0 bridgehead atoms. The van der Waals surface area contributed by atoms with E-state index in [1.807, 2.05) is 6.92 Å². The number of nitrogens with zero attached hydrogens (tertiary/aromatic N) is 1. The first-order valence-corrected chi connectivity index (χ1v) is 5.51. The average Bonchev–Trinajstić information content (AvgIpc) is 2.13. The molecular formula is C8H15N3O3S. The first kappa shape index (κ1) is 13.8. The van der Waals surface area contributed by atoms with Crippen LogP contribution >= 0.6 is 11.8 Å². The van der Waals surface area contributed by atoms with Gasteiger partial charge in [0, 0.05) is 5.75 Å². The lowest BCUT2D eigenvalue weighted by Crippen LogP contribution is -2.25. The molecule has 0 atom stereocenters. The third-order valence-corrected chi connectivity index (χ3v) is 2.38. The molecule has 0 aromatic heterocycles. The van der Waals surface area contributed by atoms with Crippen LogP contribution in [-0.4, -0.2) is 27.9 Å². The number of nitrogens with one attached hydrogen (secondary N) is 1. The Labute approximate surface area is 92.3 Å². The Bertz CT molecular complexity index is 256. The van der Waals surface area contributed by atoms with Gasteiger partial charge in [-0.25, -0.2) is 10.2 Å². The molecule has 0 fully saturated rings. The number of hydrazone groups is 1. The first-order valence-electron chi connectivity index (χ1n) is 4.52. The highest BCUT2D eigenvalue weighted by Crippen LogP contribution is 2.10. The Hall–Kier alpha value is -1.24. The predicted molar refractivity (Wildman–Crippen MR) is 59.8 cm³/mol. The monoisotopic (exact) mass is 233 g/mol. The molecule has 6 nitrogen and oxygen atoms in total. The molecule has 0 heterocycles. The van der Waals surface area contributed by atoms with E-state index in [0.29, 0.717) is 17.2 Å². The summed E-state index contributed by atoms with van der Waals surface area (Å²) in [5.74, 6) is -0.407. The van der Waals surface area contributed by atoms with E-state index in [1.54, 1.807) is 0 Å². The summed E-state index contributed by atoms with van der Waals surface area (Å²) in [6.07, 6.45) is 1.65. The maximum atomic E-state index is 10.4. The Kier molecular flexibility index (Phi) is 7.43. The highest BCUT2D eigenvalue weighted by atomic mass is 32.2. The first-order chi connectivity index (χ1) is 7.06. The number of rotatable bonds is 6. The van der Waals surface area contributed by atoms with Crippen LogP contribution in [-0.2, 0) is 4.79 Å². The molecule has 2 amide bonds. The molecule has 0 radical (unpaired) electrons. The molecular weight excluding hydrogens is 218 g/mol. The Morgan fingerprint density at radius 1 is 1.47 bits per heavy atom. The van der Waals surface area contributed by atoms with Crippen molar-refractivity contribution >= 4 is 28.8 Å². The van der Waals surface area contributed by atoms with Crippen LogP contribution in [0.2, 0.25) is 0 Å². The second kappa shape index (κ2) is 8.10. The highest BCUT2D eigenvalue weighted by molar-refractivity contribution is 8.13. The summed E-state index contributed by atoms with van der Waals surface area (Å²) in [6.45, 7) is 1.97. The largest absolute Gasteiger partial charge is 0.481 e. The molecule has 86 valence electrons. The van der Waals surface area contributed by atoms with Gasteiger partial charge in [0.25, 0.3) is 0 Å². The summed E-state index contributed by atoms with van der Waals surface area (Å²) < 4.78 is 0. The van der Waals surface area contributed by atoms with Crippen molar-refractivity contribution in [2.45, 2.75) is 26.2 Å². The maximum absolute atomic E-state index is 10.4. The molecule has 0 aliphatic rings. The minimum atomic E-state index is -0.846. The summed E-state index contributed by atoms with van der Waals surface area (Å²) in [5.41, 5.74) is 6.98. The summed E-state index contributed by atoms with van der Waals surface area (Å²) >= 11 is 1.32. The number of urea groups is 1. The normalized spacial score (nSPS) is 11.1. The van der Waals surface area contributed by atoms with Crippen molar-refractivity contribution in [3.8, 4) is 0 Å². The van der Waals surface area contributed by atoms with Crippen molar-refractivity contribution in [2.24, 2.45) is 10.8 Å². The van der Waals surface area contributed by atoms with Gasteiger partial charge in [-0.3, -0.25) is 4.79 Å². The fraction of sp³-hybridized carbons (Fsp3) is 0.625. The van der Waals surface area contributed by atoms with Gasteiger partial charge in [0.1, 0.15) is 0 Å². The number of aliphatic carboxylic acids is 1. The van der Waals surface area contributed by atoms with E-state index in [9.17, 15) is 9.59 Å². The number of hydrogen-bond donors (Lipinski definition) is 3. The summed E-state index contributed by atoms with van der Waals surface area (Å²) in [7, 11) is 0. The number of primary amides is 1. The van der Waals surface area contributed by atoms with E-state index in [2.05, 4.69) is 10.5 Å². The SMILES string of the molecule is CCC/C(=N/NC(N)=O)SCCC(=O)O. The molecule has 0 aliphatic carbocycles. The van der Waals surface area contributed by atoms with Crippen LogP contribution in [0.15, 0.2) is 5.10 Å². The standard InChI is InChI=1S/C8H15N3O3S/c1-2-3-6(10-11-8(9)14)15-5-4-7(12)13/h2-5H2,1H3,(H,12,13)(H3,9,11,14)/b10-6-. The second-order valence-corrected chi connectivity index (χ2v) is 3.89. The van der Waals surface area contributed by atoms with Crippen LogP contribution in [0.1, 0.15) is 26.2 Å². The lowest BCUT2D eigenvalue weighted by atomic mass is 10.4. The smallest absolute Gasteiger partial charge is 0.332 e. The van der Waals surface area contributed by atoms with Gasteiger partial charge >= 0.3 is 12.0 Å². The number of thioether (sulfide) groups is 1. The van der Waals surface area contributed by atoms with E-state index in [0.717, 1.165) is 6.42 Å². The van der Waals surface area contributed by atoms with Crippen LogP contribution in [0.4, 0.5) is 4.79 Å². The van der Waals surface area contributed by atoms with Crippen molar-refractivity contribution in [3.05, 3.63) is 0 Å². The number of amides is 2. The van der Waals surface area contributed by atoms with Gasteiger partial charge < -0.3 is 10.8 Å². The molecule has 0 unspecified atom stereocenters. The quantitative estimate of drug-likeness (QED) is 0.361. The summed E-state index contributed by atoms with van der Waals surface area (Å²) in [5, 5.41) is 12.9. The van der Waals surface area contributed by atoms with Gasteiger partial charge in [0.05, 0.1) is 11.5 Å². The molecule has 0 rings (SSSR count). The van der Waals surface area contributed by atoms with Crippen LogP contribution < -0.4 is 11.2 Å². The number of carbonyl (C=O) groups is 2. The Morgan fingerprint density at radius 2 is 2.13 bits per heavy atom. The van der Waals surface area contributed by atoms with E-state index >= 15 is 0 Å². The van der Waals surface area contributed by atoms with Crippen molar-refractivity contribution < 1.29 is 14.7 Å². The van der Waals surface area contributed by atoms with Crippen molar-refractivity contribution in [1.82, 2.24) is 5.43 Å². The second-order valence-electron chi connectivity index (χ2n) is 2.72. The molecule has 0 aliphatic heterocycles. The fourth-order valence-electron chi connectivity index (χ4n) is 0.748. The Morgan fingerprint density at radius 3 is 2.60 bits per heavy atom. The number of nitrogens with two attached hydrogens (primary N) is 1. The number of hydrogen-bond acceptors (Lipinski definition) is 4. The van der Waals surface area contributed by atoms with Crippen molar-refractivity contribution in [1.29, 1.82) is 0 Å². The van der Waals surface area contributed by atoms with Crippen LogP contribution in [0.3, 0.4) is 0 Å². The third-order valence-electron chi connectivity index (χ3n) is 1.34. The molecule has 4 N–H and O–H groups in total. The number of carboxylic acid groups (broad SMARTS) is 1. The fourth-order valence-corrected chi connectivity index (χ4v) is 1.72. The topological polar surface area (TPSA) is 105 Å². The molecule has 0 aromatic rings. The van der Waals surface area contributed by atoms with Gasteiger partial charge in [0.2, 0.25) is 0 Å². The molecule has 0 aromatic carbocycles. The lowest BCUT2D eigenvalue weighted by molar-refractivity contribution is -0.136. The van der Waals surface area contributed by atoms with Crippen molar-refractivity contribution in [3.63, 3.8) is 0 Å². The Balaban J connectivity index is 3.97. The maximum Gasteiger partial charge on any atom is 0.332 e. The molecule has 7 heteroatoms. The van der Waals surface area contributed by atoms with Gasteiger partial charge in [-0.15, -0.1) is 11.8 Å². The van der Waals surface area contributed by atoms with Crippen LogP contribution in [0, 0.1) is 0 Å². The molecule has 15 heavy (non-hydrogen) atoms. The van der Waals surface area contributed by atoms with Crippen LogP contribution in [0.5, 0.6) is 0 Å². The van der Waals surface area contributed by atoms with E-state index in [1.165, 1.54) is 11.8 Å². The summed E-state index contributed by atoms with van der Waals surface area (Å²) in [6, 6.07) is -0.720. The van der Waals surface area contributed by atoms with Gasteiger partial charge in [-0.1, -0.05) is 6.92 Å². The van der Waals surface area contributed by atoms with Gasteiger partial charge in [0.15, 0.2) is 0 Å². The third kappa shape index (κ3) is 9.07. The number of carboxylic acids is 1. The van der Waals surface area contributed by atoms with Crippen molar-refractivity contribution in [2.75, 3.05) is 5.75 Å². The molecule has 0 saturated carbocycles.